The van der Waals surface area contributed by atoms with Gasteiger partial charge in [0.2, 0.25) is 5.91 Å². The van der Waals surface area contributed by atoms with Crippen molar-refractivity contribution >= 4 is 18.1 Å². The molecule has 1 heterocycles. The van der Waals surface area contributed by atoms with E-state index in [4.69, 9.17) is 15.2 Å². The maximum atomic E-state index is 13.7. The van der Waals surface area contributed by atoms with Gasteiger partial charge in [-0.05, 0) is 50.8 Å². The number of nitrogens with two attached hydrogens (primary N) is 1. The minimum atomic E-state index is -1.59. The third kappa shape index (κ3) is 8.02. The van der Waals surface area contributed by atoms with Gasteiger partial charge in [-0.15, -0.1) is 0 Å². The number of likely N-dealkylation sites (N-methyl/N-ethyl adjacent to an activating group) is 1. The van der Waals surface area contributed by atoms with Gasteiger partial charge in [0.25, 0.3) is 5.91 Å². The molecule has 0 bridgehead atoms. The van der Waals surface area contributed by atoms with Crippen LogP contribution < -0.4 is 16.4 Å². The molecule has 1 aliphatic rings. The average Bonchev–Trinajstić information content (AvgIpc) is 3.57. The molecule has 1 saturated heterocycles. The SMILES string of the molecule is CCC(C)C(CC(C)[C@@](N)(OC)C(=O)NC)(C(CC=O)C(OC)C(C)C(=O)NC(C)C(O)c1ccccc1)N1CCCC1. The Morgan fingerprint density at radius 2 is 1.70 bits per heavy atom. The van der Waals surface area contributed by atoms with E-state index in [0.717, 1.165) is 38.6 Å². The number of hydrogen-bond acceptors (Lipinski definition) is 8. The molecule has 9 atom stereocenters. The van der Waals surface area contributed by atoms with E-state index >= 15 is 0 Å². The first kappa shape index (κ1) is 36.8. The second-order valence-electron chi connectivity index (χ2n) is 12.3. The Balaban J connectivity index is 2.56. The molecular formula is C33H56N4O6. The quantitative estimate of drug-likeness (QED) is 0.148. The molecule has 0 saturated carbocycles. The molecule has 2 rings (SSSR count). The van der Waals surface area contributed by atoms with Gasteiger partial charge in [-0.25, -0.2) is 0 Å². The highest BCUT2D eigenvalue weighted by Crippen LogP contribution is 2.47. The molecule has 1 aromatic carbocycles. The molecule has 1 aromatic rings. The molecule has 8 unspecified atom stereocenters. The number of benzene rings is 1. The molecule has 1 aliphatic heterocycles. The third-order valence-corrected chi connectivity index (χ3v) is 10.00. The summed E-state index contributed by atoms with van der Waals surface area (Å²) in [6.07, 6.45) is 2.83. The monoisotopic (exact) mass is 604 g/mol. The van der Waals surface area contributed by atoms with E-state index in [1.807, 2.05) is 44.2 Å². The summed E-state index contributed by atoms with van der Waals surface area (Å²) in [6, 6.07) is 8.66. The highest BCUT2D eigenvalue weighted by atomic mass is 16.5. The van der Waals surface area contributed by atoms with E-state index < -0.39 is 53.2 Å². The Kier molecular flexibility index (Phi) is 14.2. The first-order valence-corrected chi connectivity index (χ1v) is 15.7. The van der Waals surface area contributed by atoms with Gasteiger partial charge in [-0.2, -0.15) is 0 Å². The minimum absolute atomic E-state index is 0.0653. The first-order chi connectivity index (χ1) is 20.4. The van der Waals surface area contributed by atoms with Crippen LogP contribution in [-0.4, -0.2) is 85.9 Å². The molecule has 244 valence electrons. The van der Waals surface area contributed by atoms with Gasteiger partial charge >= 0.3 is 0 Å². The van der Waals surface area contributed by atoms with E-state index in [2.05, 4.69) is 29.4 Å². The summed E-state index contributed by atoms with van der Waals surface area (Å²) in [6.45, 7) is 11.4. The third-order valence-electron chi connectivity index (χ3n) is 10.00. The fourth-order valence-electron chi connectivity index (χ4n) is 7.20. The van der Waals surface area contributed by atoms with Crippen molar-refractivity contribution in [1.29, 1.82) is 0 Å². The lowest BCUT2D eigenvalue weighted by molar-refractivity contribution is -0.158. The molecular weight excluding hydrogens is 548 g/mol. The number of rotatable bonds is 18. The molecule has 1 fully saturated rings. The zero-order valence-corrected chi connectivity index (χ0v) is 27.5. The van der Waals surface area contributed by atoms with Gasteiger partial charge in [0.05, 0.1) is 24.2 Å². The molecule has 5 N–H and O–H groups in total. The topological polar surface area (TPSA) is 143 Å². The van der Waals surface area contributed by atoms with Crippen LogP contribution in [-0.2, 0) is 23.9 Å². The molecule has 10 nitrogen and oxygen atoms in total. The summed E-state index contributed by atoms with van der Waals surface area (Å²) in [5.74, 6) is -2.11. The van der Waals surface area contributed by atoms with E-state index in [-0.39, 0.29) is 18.2 Å². The van der Waals surface area contributed by atoms with Gasteiger partial charge in [-0.3, -0.25) is 20.2 Å². The van der Waals surface area contributed by atoms with Crippen molar-refractivity contribution in [2.45, 2.75) is 96.2 Å². The second kappa shape index (κ2) is 16.6. The Morgan fingerprint density at radius 3 is 2.19 bits per heavy atom. The fraction of sp³-hybridized carbons (Fsp3) is 0.727. The lowest BCUT2D eigenvalue weighted by Gasteiger charge is -2.55. The lowest BCUT2D eigenvalue weighted by atomic mass is 9.62. The van der Waals surface area contributed by atoms with Crippen molar-refractivity contribution in [3.05, 3.63) is 35.9 Å². The number of nitrogens with one attached hydrogen (secondary N) is 2. The molecule has 0 aromatic heterocycles. The van der Waals surface area contributed by atoms with Crippen LogP contribution in [0.3, 0.4) is 0 Å². The van der Waals surface area contributed by atoms with Crippen LogP contribution >= 0.6 is 0 Å². The van der Waals surface area contributed by atoms with Crippen molar-refractivity contribution in [2.24, 2.45) is 29.4 Å². The maximum Gasteiger partial charge on any atom is 0.267 e. The smallest absolute Gasteiger partial charge is 0.267 e. The van der Waals surface area contributed by atoms with Crippen LogP contribution in [0.1, 0.15) is 78.4 Å². The minimum Gasteiger partial charge on any atom is -0.386 e. The van der Waals surface area contributed by atoms with Gasteiger partial charge < -0.3 is 30.0 Å². The van der Waals surface area contributed by atoms with Crippen LogP contribution in [0.2, 0.25) is 0 Å². The van der Waals surface area contributed by atoms with Crippen molar-refractivity contribution in [3.63, 3.8) is 0 Å². The zero-order valence-electron chi connectivity index (χ0n) is 27.5. The van der Waals surface area contributed by atoms with Crippen LogP contribution in [0, 0.1) is 23.7 Å². The molecule has 0 radical (unpaired) electrons. The van der Waals surface area contributed by atoms with Crippen LogP contribution in [0.4, 0.5) is 0 Å². The molecule has 2 amide bonds. The number of aliphatic hydroxyl groups is 1. The Labute approximate surface area is 258 Å². The molecule has 0 spiro atoms. The summed E-state index contributed by atoms with van der Waals surface area (Å²) in [4.78, 5) is 41.5. The van der Waals surface area contributed by atoms with Gasteiger partial charge in [0.1, 0.15) is 6.29 Å². The maximum absolute atomic E-state index is 13.7. The first-order valence-electron chi connectivity index (χ1n) is 15.7. The van der Waals surface area contributed by atoms with E-state index in [1.165, 1.54) is 14.2 Å². The molecule has 0 aliphatic carbocycles. The van der Waals surface area contributed by atoms with Gasteiger partial charge in [0, 0.05) is 45.1 Å². The number of carbonyl (C=O) groups is 3. The number of nitrogens with zero attached hydrogens (tertiary/aromatic N) is 1. The van der Waals surface area contributed by atoms with E-state index in [0.29, 0.717) is 12.0 Å². The number of amides is 2. The summed E-state index contributed by atoms with van der Waals surface area (Å²) in [7, 11) is 4.55. The fourth-order valence-corrected chi connectivity index (χ4v) is 7.20. The largest absolute Gasteiger partial charge is 0.386 e. The highest BCUT2D eigenvalue weighted by Gasteiger charge is 2.55. The highest BCUT2D eigenvalue weighted by molar-refractivity contribution is 5.84. The van der Waals surface area contributed by atoms with Crippen LogP contribution in [0.5, 0.6) is 0 Å². The van der Waals surface area contributed by atoms with E-state index in [9.17, 15) is 19.5 Å². The Bertz CT molecular complexity index is 1020. The molecule has 10 heteroatoms. The summed E-state index contributed by atoms with van der Waals surface area (Å²) in [5.41, 5.74) is 5.11. The van der Waals surface area contributed by atoms with Gasteiger partial charge in [-0.1, -0.05) is 64.4 Å². The van der Waals surface area contributed by atoms with Crippen LogP contribution in [0.25, 0.3) is 0 Å². The lowest BCUT2D eigenvalue weighted by Crippen LogP contribution is -2.66. The van der Waals surface area contributed by atoms with Crippen molar-refractivity contribution < 1.29 is 29.0 Å². The second-order valence-corrected chi connectivity index (χ2v) is 12.3. The van der Waals surface area contributed by atoms with Crippen molar-refractivity contribution in [2.75, 3.05) is 34.4 Å². The Hall–Kier alpha value is -2.37. The normalized spacial score (nSPS) is 21.7. The van der Waals surface area contributed by atoms with E-state index in [1.54, 1.807) is 14.0 Å². The summed E-state index contributed by atoms with van der Waals surface area (Å²) < 4.78 is 11.8. The number of hydrogen-bond donors (Lipinski definition) is 4. The summed E-state index contributed by atoms with van der Waals surface area (Å²) in [5, 5.41) is 16.5. The van der Waals surface area contributed by atoms with Crippen molar-refractivity contribution in [1.82, 2.24) is 15.5 Å². The Morgan fingerprint density at radius 1 is 1.09 bits per heavy atom. The van der Waals surface area contributed by atoms with Gasteiger partial charge in [0.15, 0.2) is 5.72 Å². The number of ether oxygens (including phenoxy) is 2. The molecule has 43 heavy (non-hydrogen) atoms. The predicted octanol–water partition coefficient (Wildman–Crippen LogP) is 3.04. The average molecular weight is 605 g/mol. The number of methoxy groups -OCH3 is 2. The number of likely N-dealkylation sites (tertiary alicyclic amines) is 1. The standard InChI is InChI=1S/C33H56N4O6/c1-9-22(2)32(37-18-13-14-19-37,21-23(3)33(34,43-8)31(41)35-6)27(17-20-38)29(42-7)24(4)30(40)36-25(5)28(39)26-15-11-10-12-16-26/h10-12,15-16,20,22-25,27-29,39H,9,13-14,17-19,21,34H2,1-8H3,(H,35,41)(H,36,40)/t22?,23?,24?,25?,27?,28?,29?,32?,33-/m1/s1. The van der Waals surface area contributed by atoms with Crippen LogP contribution in [0.15, 0.2) is 30.3 Å². The predicted molar refractivity (Wildman–Crippen MR) is 168 cm³/mol. The summed E-state index contributed by atoms with van der Waals surface area (Å²) >= 11 is 0. The number of aldehydes is 1. The number of carbonyl (C=O) groups excluding carboxylic acids is 3. The number of aliphatic hydroxyl groups excluding tert-OH is 1. The van der Waals surface area contributed by atoms with Crippen molar-refractivity contribution in [3.8, 4) is 0 Å². The zero-order chi connectivity index (χ0) is 32.4.